The van der Waals surface area contributed by atoms with E-state index >= 15 is 0 Å². The number of aromatic nitrogens is 3. The Morgan fingerprint density at radius 3 is 2.65 bits per heavy atom. The Hall–Kier alpha value is -2.41. The van der Waals surface area contributed by atoms with Crippen molar-refractivity contribution in [3.8, 4) is 0 Å². The summed E-state index contributed by atoms with van der Waals surface area (Å²) in [4.78, 5) is 23.3. The van der Waals surface area contributed by atoms with Crippen LogP contribution in [0.1, 0.15) is 10.4 Å². The smallest absolute Gasteiger partial charge is 0.257 e. The van der Waals surface area contributed by atoms with Crippen molar-refractivity contribution < 1.29 is 4.79 Å². The van der Waals surface area contributed by atoms with E-state index in [1.165, 1.54) is 0 Å². The van der Waals surface area contributed by atoms with E-state index < -0.39 is 0 Å². The van der Waals surface area contributed by atoms with Crippen LogP contribution in [0.3, 0.4) is 0 Å². The van der Waals surface area contributed by atoms with Crippen molar-refractivity contribution >= 4 is 11.7 Å². The molecule has 0 atom stereocenters. The molecule has 0 aromatic carbocycles. The zero-order valence-electron chi connectivity index (χ0n) is 12.9. The van der Waals surface area contributed by atoms with Gasteiger partial charge in [0.1, 0.15) is 5.82 Å². The highest BCUT2D eigenvalue weighted by Crippen LogP contribution is 2.20. The lowest BCUT2D eigenvalue weighted by molar-refractivity contribution is 0.0246. The molecule has 7 nitrogen and oxygen atoms in total. The van der Waals surface area contributed by atoms with Gasteiger partial charge in [-0.2, -0.15) is 5.10 Å². The molecular weight excluding hydrogens is 292 g/mol. The minimum absolute atomic E-state index is 0.0714. The van der Waals surface area contributed by atoms with Crippen molar-refractivity contribution in [3.05, 3.63) is 42.4 Å². The lowest BCUT2D eigenvalue weighted by Gasteiger charge is -2.48. The van der Waals surface area contributed by atoms with Gasteiger partial charge in [-0.3, -0.25) is 14.8 Å². The molecule has 2 saturated heterocycles. The number of piperazine rings is 1. The fourth-order valence-corrected chi connectivity index (χ4v) is 3.26. The molecule has 2 aliphatic rings. The van der Waals surface area contributed by atoms with Gasteiger partial charge in [0.15, 0.2) is 0 Å². The molecule has 1 N–H and O–H groups in total. The van der Waals surface area contributed by atoms with Crippen LogP contribution in [0.4, 0.5) is 5.82 Å². The van der Waals surface area contributed by atoms with Gasteiger partial charge in [0, 0.05) is 57.7 Å². The number of carbonyl (C=O) groups is 1. The molecule has 2 fully saturated rings. The first-order valence-corrected chi connectivity index (χ1v) is 7.99. The summed E-state index contributed by atoms with van der Waals surface area (Å²) in [6.45, 7) is 5.65. The predicted octanol–water partition coefficient (Wildman–Crippen LogP) is 0.451. The highest BCUT2D eigenvalue weighted by Gasteiger charge is 2.36. The van der Waals surface area contributed by atoms with Gasteiger partial charge in [-0.15, -0.1) is 0 Å². The molecule has 0 bridgehead atoms. The third-order valence-electron chi connectivity index (χ3n) is 4.70. The number of amides is 1. The first kappa shape index (κ1) is 14.2. The molecule has 4 rings (SSSR count). The molecule has 7 heteroatoms. The Morgan fingerprint density at radius 1 is 1.17 bits per heavy atom. The molecule has 2 aliphatic heterocycles. The van der Waals surface area contributed by atoms with Crippen LogP contribution in [0.15, 0.2) is 36.8 Å². The van der Waals surface area contributed by atoms with Crippen molar-refractivity contribution in [2.24, 2.45) is 0 Å². The van der Waals surface area contributed by atoms with E-state index in [9.17, 15) is 4.79 Å². The van der Waals surface area contributed by atoms with E-state index in [0.29, 0.717) is 11.6 Å². The average Bonchev–Trinajstić information content (AvgIpc) is 3.09. The molecule has 0 radical (unpaired) electrons. The van der Waals surface area contributed by atoms with E-state index in [1.807, 2.05) is 23.2 Å². The number of nitrogens with zero attached hydrogens (tertiary/aromatic N) is 5. The van der Waals surface area contributed by atoms with Crippen molar-refractivity contribution in [2.75, 3.05) is 44.2 Å². The van der Waals surface area contributed by atoms with E-state index in [0.717, 1.165) is 45.1 Å². The number of nitrogens with one attached hydrogen (secondary N) is 1. The van der Waals surface area contributed by atoms with Gasteiger partial charge in [-0.25, -0.2) is 4.98 Å². The van der Waals surface area contributed by atoms with Crippen LogP contribution in [-0.2, 0) is 0 Å². The molecule has 0 aliphatic carbocycles. The summed E-state index contributed by atoms with van der Waals surface area (Å²) in [6.07, 6.45) is 5.08. The lowest BCUT2D eigenvalue weighted by Crippen LogP contribution is -2.64. The first-order chi connectivity index (χ1) is 11.3. The monoisotopic (exact) mass is 312 g/mol. The molecule has 120 valence electrons. The maximum Gasteiger partial charge on any atom is 0.257 e. The number of rotatable bonds is 3. The number of H-pyrrole nitrogens is 1. The molecule has 2 aromatic rings. The van der Waals surface area contributed by atoms with Gasteiger partial charge < -0.3 is 9.80 Å². The summed E-state index contributed by atoms with van der Waals surface area (Å²) in [5.74, 6) is 1.12. The number of carbonyl (C=O) groups excluding carboxylic acids is 1. The lowest BCUT2D eigenvalue weighted by atomic mass is 10.0. The van der Waals surface area contributed by atoms with Crippen LogP contribution in [0.5, 0.6) is 0 Å². The Bertz CT molecular complexity index is 644. The summed E-state index contributed by atoms with van der Waals surface area (Å²) in [6, 6.07) is 6.51. The average molecular weight is 312 g/mol. The Balaban J connectivity index is 1.27. The molecule has 23 heavy (non-hydrogen) atoms. The topological polar surface area (TPSA) is 68.4 Å². The van der Waals surface area contributed by atoms with Gasteiger partial charge in [0.25, 0.3) is 5.91 Å². The Labute approximate surface area is 134 Å². The van der Waals surface area contributed by atoms with Gasteiger partial charge >= 0.3 is 0 Å². The van der Waals surface area contributed by atoms with Crippen molar-refractivity contribution in [3.63, 3.8) is 0 Å². The number of anilines is 1. The van der Waals surface area contributed by atoms with Crippen LogP contribution in [0.2, 0.25) is 0 Å². The highest BCUT2D eigenvalue weighted by molar-refractivity contribution is 5.94. The van der Waals surface area contributed by atoms with Crippen molar-refractivity contribution in [1.29, 1.82) is 0 Å². The van der Waals surface area contributed by atoms with Crippen LogP contribution >= 0.6 is 0 Å². The SMILES string of the molecule is O=C(c1cn[nH]c1)N1CC(N2CCN(c3ccccn3)CC2)C1. The van der Waals surface area contributed by atoms with Gasteiger partial charge in [-0.1, -0.05) is 6.07 Å². The second-order valence-corrected chi connectivity index (χ2v) is 6.06. The molecule has 0 saturated carbocycles. The second kappa shape index (κ2) is 6.00. The largest absolute Gasteiger partial charge is 0.354 e. The molecule has 0 unspecified atom stereocenters. The molecule has 1 amide bonds. The maximum atomic E-state index is 12.2. The fraction of sp³-hybridized carbons (Fsp3) is 0.438. The molecular formula is C16H20N6O. The van der Waals surface area contributed by atoms with Crippen LogP contribution in [0, 0.1) is 0 Å². The van der Waals surface area contributed by atoms with Gasteiger partial charge in [0.05, 0.1) is 11.8 Å². The van der Waals surface area contributed by atoms with Crippen molar-refractivity contribution in [1.82, 2.24) is 25.0 Å². The van der Waals surface area contributed by atoms with Crippen LogP contribution in [0.25, 0.3) is 0 Å². The minimum atomic E-state index is 0.0714. The number of hydrogen-bond acceptors (Lipinski definition) is 5. The number of hydrogen-bond donors (Lipinski definition) is 1. The zero-order valence-corrected chi connectivity index (χ0v) is 12.9. The zero-order chi connectivity index (χ0) is 15.6. The van der Waals surface area contributed by atoms with Crippen LogP contribution < -0.4 is 4.90 Å². The number of aromatic amines is 1. The normalized spacial score (nSPS) is 19.7. The maximum absolute atomic E-state index is 12.2. The third kappa shape index (κ3) is 2.79. The van der Waals surface area contributed by atoms with E-state index in [-0.39, 0.29) is 5.91 Å². The van der Waals surface area contributed by atoms with Crippen molar-refractivity contribution in [2.45, 2.75) is 6.04 Å². The molecule has 0 spiro atoms. The quantitative estimate of drug-likeness (QED) is 0.891. The Kier molecular flexibility index (Phi) is 3.70. The van der Waals surface area contributed by atoms with E-state index in [2.05, 4.69) is 31.0 Å². The second-order valence-electron chi connectivity index (χ2n) is 6.06. The summed E-state index contributed by atoms with van der Waals surface area (Å²) >= 11 is 0. The number of pyridine rings is 1. The summed E-state index contributed by atoms with van der Waals surface area (Å²) < 4.78 is 0. The summed E-state index contributed by atoms with van der Waals surface area (Å²) in [7, 11) is 0. The number of likely N-dealkylation sites (tertiary alicyclic amines) is 1. The van der Waals surface area contributed by atoms with E-state index in [4.69, 9.17) is 0 Å². The fourth-order valence-electron chi connectivity index (χ4n) is 3.26. The van der Waals surface area contributed by atoms with Gasteiger partial charge in [0.2, 0.25) is 0 Å². The first-order valence-electron chi connectivity index (χ1n) is 7.99. The summed E-state index contributed by atoms with van der Waals surface area (Å²) in [5.41, 5.74) is 0.642. The standard InChI is InChI=1S/C16H20N6O/c23-16(13-9-18-19-10-13)22-11-14(12-22)20-5-7-21(8-6-20)15-3-1-2-4-17-15/h1-4,9-10,14H,5-8,11-12H2,(H,18,19). The van der Waals surface area contributed by atoms with Gasteiger partial charge in [-0.05, 0) is 12.1 Å². The third-order valence-corrected chi connectivity index (χ3v) is 4.70. The molecule has 2 aromatic heterocycles. The minimum Gasteiger partial charge on any atom is -0.354 e. The Morgan fingerprint density at radius 2 is 2.00 bits per heavy atom. The molecule has 4 heterocycles. The highest BCUT2D eigenvalue weighted by atomic mass is 16.2. The van der Waals surface area contributed by atoms with E-state index in [1.54, 1.807) is 12.4 Å². The van der Waals surface area contributed by atoms with Crippen LogP contribution in [-0.4, -0.2) is 76.2 Å². The summed E-state index contributed by atoms with van der Waals surface area (Å²) in [5, 5.41) is 6.53. The predicted molar refractivity (Wildman–Crippen MR) is 86.3 cm³/mol.